The number of nitrogens with zero attached hydrogens (tertiary/aromatic N) is 3. The number of carbonyl (C=O) groups is 1. The number of nitrogens with one attached hydrogen (secondary N) is 1. The van der Waals surface area contributed by atoms with Gasteiger partial charge in [0.25, 0.3) is 10.0 Å². The van der Waals surface area contributed by atoms with Crippen molar-refractivity contribution in [2.75, 3.05) is 29.3 Å². The van der Waals surface area contributed by atoms with Crippen LogP contribution in [-0.4, -0.2) is 43.8 Å². The molecule has 2 aliphatic heterocycles. The lowest BCUT2D eigenvalue weighted by atomic mass is 9.92. The van der Waals surface area contributed by atoms with Gasteiger partial charge in [-0.1, -0.05) is 42.0 Å². The number of sulfonamides is 1. The van der Waals surface area contributed by atoms with Gasteiger partial charge >= 0.3 is 0 Å². The van der Waals surface area contributed by atoms with E-state index >= 15 is 0 Å². The predicted octanol–water partition coefficient (Wildman–Crippen LogP) is 5.20. The quantitative estimate of drug-likeness (QED) is 0.510. The molecule has 1 aromatic heterocycles. The molecule has 3 aromatic rings. The summed E-state index contributed by atoms with van der Waals surface area (Å²) in [5.74, 6) is -0.150. The number of carbonyl (C=O) groups excluding carboxylic acids is 1. The standard InChI is InChI=1S/C26H30N4O3S2/c1-18-25(34-26(27-18)28-19(2)31)20-11-12-24-22(17-20)23(29-14-7-4-8-15-29)13-16-30(24)35(32,33)21-9-5-3-6-10-21/h3,5-6,9-12,17,23H,4,7-8,13-16H2,1-2H3,(H,27,28,31). The molecule has 1 N–H and O–H groups in total. The fraction of sp³-hybridized carbons (Fsp3) is 0.385. The lowest BCUT2D eigenvalue weighted by Crippen LogP contribution is -2.42. The van der Waals surface area contributed by atoms with Crippen LogP contribution in [0.1, 0.15) is 49.9 Å². The van der Waals surface area contributed by atoms with Crippen LogP contribution in [0.4, 0.5) is 10.8 Å². The van der Waals surface area contributed by atoms with Crippen LogP contribution in [0.3, 0.4) is 0 Å². The Balaban J connectivity index is 1.59. The van der Waals surface area contributed by atoms with Crippen molar-refractivity contribution < 1.29 is 13.2 Å². The third kappa shape index (κ3) is 4.72. The maximum Gasteiger partial charge on any atom is 0.264 e. The third-order valence-electron chi connectivity index (χ3n) is 6.77. The summed E-state index contributed by atoms with van der Waals surface area (Å²) in [5.41, 5.74) is 3.64. The number of hydrogen-bond acceptors (Lipinski definition) is 6. The van der Waals surface area contributed by atoms with Crippen molar-refractivity contribution in [3.63, 3.8) is 0 Å². The largest absolute Gasteiger partial charge is 0.302 e. The van der Waals surface area contributed by atoms with E-state index in [-0.39, 0.29) is 11.9 Å². The Hall–Kier alpha value is -2.75. The van der Waals surface area contributed by atoms with Crippen molar-refractivity contribution in [2.24, 2.45) is 0 Å². The molecule has 0 radical (unpaired) electrons. The summed E-state index contributed by atoms with van der Waals surface area (Å²) in [7, 11) is -3.67. The number of aryl methyl sites for hydroxylation is 1. The molecular formula is C26H30N4O3S2. The highest BCUT2D eigenvalue weighted by Crippen LogP contribution is 2.44. The lowest BCUT2D eigenvalue weighted by Gasteiger charge is -2.41. The van der Waals surface area contributed by atoms with Gasteiger partial charge in [-0.05, 0) is 74.7 Å². The third-order valence-corrected chi connectivity index (χ3v) is 9.71. The van der Waals surface area contributed by atoms with Gasteiger partial charge in [-0.25, -0.2) is 13.4 Å². The van der Waals surface area contributed by atoms with Gasteiger partial charge in [-0.3, -0.25) is 14.0 Å². The number of benzene rings is 2. The molecule has 1 saturated heterocycles. The van der Waals surface area contributed by atoms with Gasteiger partial charge in [0.1, 0.15) is 0 Å². The lowest BCUT2D eigenvalue weighted by molar-refractivity contribution is -0.114. The first-order chi connectivity index (χ1) is 16.8. The van der Waals surface area contributed by atoms with Crippen molar-refractivity contribution in [1.82, 2.24) is 9.88 Å². The maximum absolute atomic E-state index is 13.6. The van der Waals surface area contributed by atoms with Crippen molar-refractivity contribution in [2.45, 2.75) is 50.5 Å². The van der Waals surface area contributed by atoms with E-state index in [1.165, 1.54) is 37.5 Å². The zero-order chi connectivity index (χ0) is 24.6. The molecule has 0 bridgehead atoms. The average molecular weight is 511 g/mol. The zero-order valence-electron chi connectivity index (χ0n) is 20.0. The molecule has 9 heteroatoms. The molecule has 35 heavy (non-hydrogen) atoms. The van der Waals surface area contributed by atoms with Crippen molar-refractivity contribution in [1.29, 1.82) is 0 Å². The molecular weight excluding hydrogens is 480 g/mol. The molecule has 1 amide bonds. The number of hydrogen-bond donors (Lipinski definition) is 1. The first-order valence-corrected chi connectivity index (χ1v) is 14.3. The minimum Gasteiger partial charge on any atom is -0.302 e. The topological polar surface area (TPSA) is 82.6 Å². The summed E-state index contributed by atoms with van der Waals surface area (Å²) in [6.45, 7) is 5.93. The van der Waals surface area contributed by atoms with Crippen LogP contribution in [0, 0.1) is 6.92 Å². The predicted molar refractivity (Wildman–Crippen MR) is 140 cm³/mol. The number of likely N-dealkylation sites (tertiary alicyclic amines) is 1. The monoisotopic (exact) mass is 510 g/mol. The van der Waals surface area contributed by atoms with E-state index in [0.717, 1.165) is 46.9 Å². The highest BCUT2D eigenvalue weighted by molar-refractivity contribution is 7.92. The van der Waals surface area contributed by atoms with Crippen LogP contribution in [0.5, 0.6) is 0 Å². The average Bonchev–Trinajstić information content (AvgIpc) is 3.23. The molecule has 7 nitrogen and oxygen atoms in total. The van der Waals surface area contributed by atoms with E-state index in [0.29, 0.717) is 16.6 Å². The summed E-state index contributed by atoms with van der Waals surface area (Å²) < 4.78 is 28.8. The van der Waals surface area contributed by atoms with E-state index in [1.54, 1.807) is 28.6 Å². The summed E-state index contributed by atoms with van der Waals surface area (Å²) in [4.78, 5) is 19.8. The van der Waals surface area contributed by atoms with Crippen molar-refractivity contribution in [3.8, 4) is 10.4 Å². The van der Waals surface area contributed by atoms with E-state index in [4.69, 9.17) is 0 Å². The second-order valence-corrected chi connectivity index (χ2v) is 12.0. The van der Waals surface area contributed by atoms with Crippen LogP contribution >= 0.6 is 11.3 Å². The molecule has 0 spiro atoms. The van der Waals surface area contributed by atoms with Gasteiger partial charge in [-0.15, -0.1) is 0 Å². The Bertz CT molecular complexity index is 1330. The maximum atomic E-state index is 13.6. The second kappa shape index (κ2) is 9.72. The van der Waals surface area contributed by atoms with Crippen LogP contribution in [0.2, 0.25) is 0 Å². The Morgan fingerprint density at radius 2 is 1.80 bits per heavy atom. The summed E-state index contributed by atoms with van der Waals surface area (Å²) in [6.07, 6.45) is 4.34. The van der Waals surface area contributed by atoms with E-state index in [1.807, 2.05) is 25.1 Å². The molecule has 0 aliphatic carbocycles. The Labute approximate surface area is 210 Å². The number of fused-ring (bicyclic) bond motifs is 1. The van der Waals surface area contributed by atoms with Crippen LogP contribution in [0.15, 0.2) is 53.4 Å². The summed E-state index contributed by atoms with van der Waals surface area (Å²) >= 11 is 1.44. The highest BCUT2D eigenvalue weighted by Gasteiger charge is 2.36. The summed E-state index contributed by atoms with van der Waals surface area (Å²) in [5, 5.41) is 3.35. The van der Waals surface area contributed by atoms with E-state index < -0.39 is 10.0 Å². The van der Waals surface area contributed by atoms with Gasteiger partial charge in [0, 0.05) is 19.5 Å². The number of aromatic nitrogens is 1. The number of thiazole rings is 1. The molecule has 1 atom stereocenters. The van der Waals surface area contributed by atoms with Gasteiger partial charge in [-0.2, -0.15) is 0 Å². The number of piperidine rings is 1. The van der Waals surface area contributed by atoms with Crippen LogP contribution in [-0.2, 0) is 14.8 Å². The fourth-order valence-corrected chi connectivity index (χ4v) is 7.69. The minimum absolute atomic E-state index is 0.150. The zero-order valence-corrected chi connectivity index (χ0v) is 21.7. The molecule has 0 saturated carbocycles. The van der Waals surface area contributed by atoms with Crippen LogP contribution < -0.4 is 9.62 Å². The first-order valence-electron chi connectivity index (χ1n) is 12.1. The van der Waals surface area contributed by atoms with Gasteiger partial charge in [0.2, 0.25) is 5.91 Å². The first kappa shape index (κ1) is 24.0. The highest BCUT2D eigenvalue weighted by atomic mass is 32.2. The minimum atomic E-state index is -3.67. The van der Waals surface area contributed by atoms with E-state index in [9.17, 15) is 13.2 Å². The molecule has 184 valence electrons. The second-order valence-electron chi connectivity index (χ2n) is 9.18. The molecule has 1 unspecified atom stereocenters. The number of anilines is 2. The Morgan fingerprint density at radius 3 is 2.51 bits per heavy atom. The van der Waals surface area contributed by atoms with E-state index in [2.05, 4.69) is 21.3 Å². The van der Waals surface area contributed by atoms with Crippen LogP contribution in [0.25, 0.3) is 10.4 Å². The Kier molecular flexibility index (Phi) is 6.65. The van der Waals surface area contributed by atoms with Crippen molar-refractivity contribution >= 4 is 38.1 Å². The Morgan fingerprint density at radius 1 is 1.06 bits per heavy atom. The number of rotatable bonds is 5. The van der Waals surface area contributed by atoms with Gasteiger partial charge in [0.05, 0.1) is 21.2 Å². The summed E-state index contributed by atoms with van der Waals surface area (Å²) in [6, 6.07) is 14.9. The number of amides is 1. The van der Waals surface area contributed by atoms with Crippen molar-refractivity contribution in [3.05, 3.63) is 59.8 Å². The molecule has 1 fully saturated rings. The molecule has 2 aliphatic rings. The SMILES string of the molecule is CC(=O)Nc1nc(C)c(-c2ccc3c(c2)C(N2CCCCC2)CCN3S(=O)(=O)c2ccccc2)s1. The molecule has 2 aromatic carbocycles. The van der Waals surface area contributed by atoms with Gasteiger partial charge in [0.15, 0.2) is 5.13 Å². The van der Waals surface area contributed by atoms with Gasteiger partial charge < -0.3 is 5.32 Å². The normalized spacial score (nSPS) is 18.8. The molecule has 5 rings (SSSR count). The smallest absolute Gasteiger partial charge is 0.264 e. The molecule has 3 heterocycles. The fourth-order valence-electron chi connectivity index (χ4n) is 5.15.